The first-order valence-electron chi connectivity index (χ1n) is 8.44. The molecule has 0 unspecified atom stereocenters. The van der Waals surface area contributed by atoms with E-state index >= 15 is 0 Å². The molecule has 0 N–H and O–H groups in total. The number of allylic oxidation sites excluding steroid dienone is 6. The summed E-state index contributed by atoms with van der Waals surface area (Å²) in [6.07, 6.45) is 8.73. The van der Waals surface area contributed by atoms with E-state index in [0.717, 1.165) is 12.2 Å². The zero-order valence-electron chi connectivity index (χ0n) is 16.5. The monoisotopic (exact) mass is 497 g/mol. The van der Waals surface area contributed by atoms with Crippen molar-refractivity contribution in [3.8, 4) is 0 Å². The largest absolute Gasteiger partial charge is 3.00 e. The third kappa shape index (κ3) is 6.58. The summed E-state index contributed by atoms with van der Waals surface area (Å²) in [5.74, 6) is 0.904. The summed E-state index contributed by atoms with van der Waals surface area (Å²) in [7, 11) is -1.54. The van der Waals surface area contributed by atoms with Crippen LogP contribution in [0.2, 0.25) is 19.6 Å². The van der Waals surface area contributed by atoms with Crippen LogP contribution in [0.5, 0.6) is 0 Å². The van der Waals surface area contributed by atoms with Crippen molar-refractivity contribution in [2.45, 2.75) is 39.9 Å². The van der Waals surface area contributed by atoms with Crippen molar-refractivity contribution in [1.29, 1.82) is 0 Å². The SMILES string of the molecule is CC(C)=C1C(C2=CC(OCO[Si](C)(C)C)=CC2)=[C-]c2ccccc21.[Cl-].[Cl-].[Zr+3]. The van der Waals surface area contributed by atoms with Crippen molar-refractivity contribution in [3.05, 3.63) is 76.1 Å². The van der Waals surface area contributed by atoms with Gasteiger partial charge in [0, 0.05) is 0 Å². The second-order valence-corrected chi connectivity index (χ2v) is 11.9. The molecule has 2 aliphatic rings. The van der Waals surface area contributed by atoms with Gasteiger partial charge in [-0.1, -0.05) is 37.6 Å². The molecule has 0 amide bonds. The Kier molecular flexibility index (Phi) is 10.8. The topological polar surface area (TPSA) is 18.5 Å². The van der Waals surface area contributed by atoms with Gasteiger partial charge in [-0.3, -0.25) is 0 Å². The van der Waals surface area contributed by atoms with Crippen LogP contribution in [0.3, 0.4) is 0 Å². The normalized spacial score (nSPS) is 14.7. The van der Waals surface area contributed by atoms with E-state index in [9.17, 15) is 0 Å². The predicted octanol–water partition coefficient (Wildman–Crippen LogP) is -0.384. The molecule has 0 spiro atoms. The van der Waals surface area contributed by atoms with Crippen molar-refractivity contribution in [2.75, 3.05) is 6.79 Å². The summed E-state index contributed by atoms with van der Waals surface area (Å²) in [5.41, 5.74) is 7.57. The molecule has 1 aromatic carbocycles. The van der Waals surface area contributed by atoms with Crippen LogP contribution in [-0.4, -0.2) is 15.1 Å². The Morgan fingerprint density at radius 2 is 1.78 bits per heavy atom. The van der Waals surface area contributed by atoms with E-state index in [0.29, 0.717) is 6.79 Å². The number of rotatable bonds is 5. The Bertz CT molecular complexity index is 786. The second kappa shape index (κ2) is 11.0. The molecule has 0 saturated heterocycles. The molecule has 143 valence electrons. The maximum absolute atomic E-state index is 5.78. The summed E-state index contributed by atoms with van der Waals surface area (Å²) in [6.45, 7) is 11.2. The summed E-state index contributed by atoms with van der Waals surface area (Å²) < 4.78 is 11.6. The van der Waals surface area contributed by atoms with E-state index in [1.807, 2.05) is 0 Å². The third-order valence-corrected chi connectivity index (χ3v) is 5.07. The number of hydrogen-bond donors (Lipinski definition) is 0. The van der Waals surface area contributed by atoms with Gasteiger partial charge in [0.2, 0.25) is 0 Å². The van der Waals surface area contributed by atoms with E-state index < -0.39 is 8.32 Å². The van der Waals surface area contributed by atoms with Crippen molar-refractivity contribution in [1.82, 2.24) is 0 Å². The predicted molar refractivity (Wildman–Crippen MR) is 102 cm³/mol. The minimum Gasteiger partial charge on any atom is -1.00 e. The van der Waals surface area contributed by atoms with E-state index in [1.54, 1.807) is 0 Å². The molecule has 3 rings (SSSR count). The van der Waals surface area contributed by atoms with Gasteiger partial charge in [0.25, 0.3) is 0 Å². The fourth-order valence-electron chi connectivity index (χ4n) is 2.95. The fourth-order valence-corrected chi connectivity index (χ4v) is 3.36. The molecule has 1 aromatic rings. The number of benzene rings is 1. The summed E-state index contributed by atoms with van der Waals surface area (Å²) in [5, 5.41) is 0. The second-order valence-electron chi connectivity index (χ2n) is 7.42. The van der Waals surface area contributed by atoms with Crippen LogP contribution in [0.1, 0.15) is 31.4 Å². The smallest absolute Gasteiger partial charge is 1.00 e. The third-order valence-electron chi connectivity index (χ3n) is 4.08. The number of fused-ring (bicyclic) bond motifs is 1. The Balaban J connectivity index is 0.00000225. The molecule has 27 heavy (non-hydrogen) atoms. The van der Waals surface area contributed by atoms with Crippen LogP contribution in [0.25, 0.3) is 5.57 Å². The van der Waals surface area contributed by atoms with Gasteiger partial charge in [0.05, 0.1) is 0 Å². The molecule has 0 aliphatic heterocycles. The fraction of sp³-hybridized carbons (Fsp3) is 0.333. The molecule has 0 fully saturated rings. The quantitative estimate of drug-likeness (QED) is 0.313. The standard InChI is InChI=1S/C21H25O2Si.2ClH.Zr/c1-15(2)21-19-9-7-6-8-16(19)13-20(21)17-10-11-18(12-17)22-14-23-24(3,4)5;;;/h6-9,11-12H,10,14H2,1-5H3;2*1H;/q-1;;;+3/p-2. The maximum Gasteiger partial charge on any atom is 3.00 e. The van der Waals surface area contributed by atoms with Crippen LogP contribution < -0.4 is 24.8 Å². The maximum atomic E-state index is 5.78. The molecule has 6 heteroatoms. The molecule has 0 bridgehead atoms. The first kappa shape index (κ1) is 26.6. The van der Waals surface area contributed by atoms with E-state index in [2.05, 4.69) is 76.0 Å². The first-order valence-corrected chi connectivity index (χ1v) is 11.8. The van der Waals surface area contributed by atoms with Gasteiger partial charge >= 0.3 is 26.2 Å². The van der Waals surface area contributed by atoms with Crippen molar-refractivity contribution < 1.29 is 60.2 Å². The summed E-state index contributed by atoms with van der Waals surface area (Å²) in [6, 6.07) is 8.48. The van der Waals surface area contributed by atoms with Crippen molar-refractivity contribution in [3.63, 3.8) is 0 Å². The van der Waals surface area contributed by atoms with E-state index in [-0.39, 0.29) is 51.0 Å². The molecule has 0 heterocycles. The van der Waals surface area contributed by atoms with Crippen molar-refractivity contribution >= 4 is 13.9 Å². The van der Waals surface area contributed by atoms with E-state index in [1.165, 1.54) is 33.4 Å². The number of halogens is 2. The molecule has 0 aromatic heterocycles. The van der Waals surface area contributed by atoms with Gasteiger partial charge in [0.1, 0.15) is 5.76 Å². The Morgan fingerprint density at radius 1 is 1.11 bits per heavy atom. The van der Waals surface area contributed by atoms with Gasteiger partial charge in [-0.25, -0.2) is 0 Å². The van der Waals surface area contributed by atoms with Gasteiger partial charge in [-0.2, -0.15) is 0 Å². The Morgan fingerprint density at radius 3 is 2.41 bits per heavy atom. The minimum absolute atomic E-state index is 0. The van der Waals surface area contributed by atoms with Crippen LogP contribution in [0.15, 0.2) is 58.9 Å². The average Bonchev–Trinajstić information content (AvgIpc) is 3.09. The number of hydrogen-bond acceptors (Lipinski definition) is 2. The first-order chi connectivity index (χ1) is 11.3. The van der Waals surface area contributed by atoms with Crippen molar-refractivity contribution in [2.24, 2.45) is 0 Å². The van der Waals surface area contributed by atoms with Gasteiger partial charge < -0.3 is 34.0 Å². The molecule has 2 nitrogen and oxygen atoms in total. The van der Waals surface area contributed by atoms with E-state index in [4.69, 9.17) is 9.16 Å². The number of ether oxygens (including phenoxy) is 1. The molecule has 0 atom stereocenters. The van der Waals surface area contributed by atoms with Gasteiger partial charge in [-0.05, 0) is 38.2 Å². The summed E-state index contributed by atoms with van der Waals surface area (Å²) in [4.78, 5) is 0. The molecular weight excluding hydrogens is 474 g/mol. The minimum atomic E-state index is -1.54. The average molecular weight is 500 g/mol. The van der Waals surface area contributed by atoms with Crippen LogP contribution in [0.4, 0.5) is 0 Å². The Hall–Kier alpha value is -0.380. The van der Waals surface area contributed by atoms with Gasteiger partial charge in [0.15, 0.2) is 15.1 Å². The zero-order chi connectivity index (χ0) is 17.3. The Labute approximate surface area is 195 Å². The molecular formula is C21H25Cl2O2SiZr. The molecule has 2 aliphatic carbocycles. The zero-order valence-corrected chi connectivity index (χ0v) is 21.4. The summed E-state index contributed by atoms with van der Waals surface area (Å²) >= 11 is 0. The van der Waals surface area contributed by atoms with Crippen LogP contribution in [0, 0.1) is 6.08 Å². The molecule has 0 saturated carbocycles. The molecule has 1 radical (unpaired) electrons. The van der Waals surface area contributed by atoms with Crippen LogP contribution in [-0.2, 0) is 35.4 Å². The van der Waals surface area contributed by atoms with Gasteiger partial charge in [-0.15, -0.1) is 40.0 Å². The van der Waals surface area contributed by atoms with Crippen LogP contribution >= 0.6 is 0 Å².